The fraction of sp³-hybridized carbons (Fsp3) is 0.222. The summed E-state index contributed by atoms with van der Waals surface area (Å²) in [5.74, 6) is -1.01. The van der Waals surface area contributed by atoms with Crippen molar-refractivity contribution < 1.29 is 14.3 Å². The van der Waals surface area contributed by atoms with Crippen molar-refractivity contribution in [3.8, 4) is 0 Å². The molecule has 1 rings (SSSR count). The molecule has 0 aliphatic rings. The maximum Gasteiger partial charge on any atom is 0.251 e. The number of carbonyl (C=O) groups excluding carboxylic acids is 1. The molecule has 0 aliphatic carbocycles. The van der Waals surface area contributed by atoms with Crippen molar-refractivity contribution in [3.63, 3.8) is 0 Å². The number of rotatable bonds is 3. The van der Waals surface area contributed by atoms with Crippen LogP contribution in [0.2, 0.25) is 0 Å². The minimum absolute atomic E-state index is 0.134. The van der Waals surface area contributed by atoms with Crippen molar-refractivity contribution >= 4 is 11.6 Å². The molecule has 0 heterocycles. The summed E-state index contributed by atoms with van der Waals surface area (Å²) in [5.41, 5.74) is 5.70. The largest absolute Gasteiger partial charge is 0.399 e. The van der Waals surface area contributed by atoms with Gasteiger partial charge in [0.25, 0.3) is 5.91 Å². The van der Waals surface area contributed by atoms with E-state index in [4.69, 9.17) is 10.8 Å². The molecule has 0 saturated heterocycles. The van der Waals surface area contributed by atoms with E-state index in [1.807, 2.05) is 0 Å². The van der Waals surface area contributed by atoms with Gasteiger partial charge in [-0.1, -0.05) is 0 Å². The van der Waals surface area contributed by atoms with E-state index in [2.05, 4.69) is 5.32 Å². The van der Waals surface area contributed by atoms with Crippen molar-refractivity contribution in [3.05, 3.63) is 29.6 Å². The van der Waals surface area contributed by atoms with Crippen molar-refractivity contribution in [1.29, 1.82) is 0 Å². The van der Waals surface area contributed by atoms with Crippen LogP contribution < -0.4 is 11.1 Å². The topological polar surface area (TPSA) is 75.4 Å². The number of anilines is 1. The SMILES string of the molecule is Nc1cc(F)cc(C(=O)NCCO)c1. The van der Waals surface area contributed by atoms with E-state index in [9.17, 15) is 9.18 Å². The highest BCUT2D eigenvalue weighted by Gasteiger charge is 2.06. The molecular formula is C9H11FN2O2. The Morgan fingerprint density at radius 3 is 2.79 bits per heavy atom. The molecule has 0 spiro atoms. The number of aliphatic hydroxyl groups is 1. The summed E-state index contributed by atoms with van der Waals surface area (Å²) in [4.78, 5) is 11.3. The molecule has 4 N–H and O–H groups in total. The third-order valence-electron chi connectivity index (χ3n) is 1.58. The van der Waals surface area contributed by atoms with Gasteiger partial charge in [-0.3, -0.25) is 4.79 Å². The molecule has 0 fully saturated rings. The van der Waals surface area contributed by atoms with Gasteiger partial charge < -0.3 is 16.2 Å². The van der Waals surface area contributed by atoms with E-state index in [-0.39, 0.29) is 24.4 Å². The van der Waals surface area contributed by atoms with Gasteiger partial charge in [-0.15, -0.1) is 0 Å². The fourth-order valence-corrected chi connectivity index (χ4v) is 1.01. The average molecular weight is 198 g/mol. The lowest BCUT2D eigenvalue weighted by Gasteiger charge is -2.04. The average Bonchev–Trinajstić information content (AvgIpc) is 2.12. The number of amides is 1. The molecule has 1 aromatic carbocycles. The van der Waals surface area contributed by atoms with Crippen LogP contribution in [0.3, 0.4) is 0 Å². The summed E-state index contributed by atoms with van der Waals surface area (Å²) in [5, 5.41) is 10.8. The van der Waals surface area contributed by atoms with Crippen LogP contribution in [-0.4, -0.2) is 24.2 Å². The molecule has 1 aromatic rings. The van der Waals surface area contributed by atoms with Crippen LogP contribution >= 0.6 is 0 Å². The first-order valence-corrected chi connectivity index (χ1v) is 4.08. The highest BCUT2D eigenvalue weighted by Crippen LogP contribution is 2.10. The predicted molar refractivity (Wildman–Crippen MR) is 50.2 cm³/mol. The van der Waals surface area contributed by atoms with E-state index in [1.165, 1.54) is 6.07 Å². The van der Waals surface area contributed by atoms with Gasteiger partial charge in [-0.25, -0.2) is 4.39 Å². The molecule has 0 aliphatic heterocycles. The molecule has 1 amide bonds. The number of halogens is 1. The quantitative estimate of drug-likeness (QED) is 0.604. The molecule has 0 radical (unpaired) electrons. The third-order valence-corrected chi connectivity index (χ3v) is 1.58. The van der Waals surface area contributed by atoms with Crippen LogP contribution in [0.1, 0.15) is 10.4 Å². The zero-order valence-corrected chi connectivity index (χ0v) is 7.46. The molecule has 4 nitrogen and oxygen atoms in total. The number of nitrogens with one attached hydrogen (secondary N) is 1. The monoisotopic (exact) mass is 198 g/mol. The van der Waals surface area contributed by atoms with Crippen molar-refractivity contribution in [2.24, 2.45) is 0 Å². The first-order chi connectivity index (χ1) is 6.63. The minimum atomic E-state index is -0.556. The van der Waals surface area contributed by atoms with Crippen LogP contribution in [0, 0.1) is 5.82 Å². The van der Waals surface area contributed by atoms with Gasteiger partial charge in [0.05, 0.1) is 6.61 Å². The van der Waals surface area contributed by atoms with Crippen LogP contribution in [0.15, 0.2) is 18.2 Å². The molecule has 14 heavy (non-hydrogen) atoms. The van der Waals surface area contributed by atoms with Gasteiger partial charge in [0.1, 0.15) is 5.82 Å². The Hall–Kier alpha value is -1.62. The summed E-state index contributed by atoms with van der Waals surface area (Å²) in [7, 11) is 0. The summed E-state index contributed by atoms with van der Waals surface area (Å²) >= 11 is 0. The van der Waals surface area contributed by atoms with Gasteiger partial charge >= 0.3 is 0 Å². The Balaban J connectivity index is 2.79. The zero-order chi connectivity index (χ0) is 10.6. The third kappa shape index (κ3) is 2.70. The van der Waals surface area contributed by atoms with E-state index >= 15 is 0 Å². The van der Waals surface area contributed by atoms with Crippen LogP contribution in [0.4, 0.5) is 10.1 Å². The van der Waals surface area contributed by atoms with Gasteiger partial charge in [-0.2, -0.15) is 0 Å². The van der Waals surface area contributed by atoms with Gasteiger partial charge in [0.15, 0.2) is 0 Å². The Labute approximate surface area is 80.5 Å². The molecule has 76 valence electrons. The maximum atomic E-state index is 12.8. The van der Waals surface area contributed by atoms with Crippen LogP contribution in [0.5, 0.6) is 0 Å². The number of nitrogen functional groups attached to an aromatic ring is 1. The van der Waals surface area contributed by atoms with Crippen molar-refractivity contribution in [2.75, 3.05) is 18.9 Å². The number of hydrogen-bond donors (Lipinski definition) is 3. The Bertz CT molecular complexity index is 321. The lowest BCUT2D eigenvalue weighted by molar-refractivity contribution is 0.0944. The molecule has 0 saturated carbocycles. The van der Waals surface area contributed by atoms with E-state index in [0.717, 1.165) is 12.1 Å². The highest BCUT2D eigenvalue weighted by molar-refractivity contribution is 5.95. The normalized spacial score (nSPS) is 9.86. The number of hydrogen-bond acceptors (Lipinski definition) is 3. The predicted octanol–water partition coefficient (Wildman–Crippen LogP) is 0.130. The summed E-state index contributed by atoms with van der Waals surface area (Å²) in [6.07, 6.45) is 0. The molecule has 0 unspecified atom stereocenters. The summed E-state index contributed by atoms with van der Waals surface area (Å²) in [6.45, 7) is -0.0220. The second kappa shape index (κ2) is 4.57. The van der Waals surface area contributed by atoms with E-state index < -0.39 is 11.7 Å². The van der Waals surface area contributed by atoms with Gasteiger partial charge in [0, 0.05) is 17.8 Å². The molecule has 0 atom stereocenters. The van der Waals surface area contributed by atoms with Crippen molar-refractivity contribution in [2.45, 2.75) is 0 Å². The van der Waals surface area contributed by atoms with Crippen molar-refractivity contribution in [1.82, 2.24) is 5.32 Å². The first kappa shape index (κ1) is 10.5. The fourth-order valence-electron chi connectivity index (χ4n) is 1.01. The maximum absolute atomic E-state index is 12.8. The summed E-state index contributed by atoms with van der Waals surface area (Å²) in [6, 6.07) is 3.58. The van der Waals surface area contributed by atoms with Gasteiger partial charge in [-0.05, 0) is 18.2 Å². The Morgan fingerprint density at radius 2 is 2.21 bits per heavy atom. The number of carbonyl (C=O) groups is 1. The number of nitrogens with two attached hydrogens (primary N) is 1. The second-order valence-corrected chi connectivity index (χ2v) is 2.75. The Kier molecular flexibility index (Phi) is 3.41. The number of aliphatic hydroxyl groups excluding tert-OH is 1. The van der Waals surface area contributed by atoms with E-state index in [1.54, 1.807) is 0 Å². The molecule has 5 heteroatoms. The Morgan fingerprint density at radius 1 is 1.50 bits per heavy atom. The lowest BCUT2D eigenvalue weighted by Crippen LogP contribution is -2.26. The van der Waals surface area contributed by atoms with E-state index in [0.29, 0.717) is 0 Å². The standard InChI is InChI=1S/C9H11FN2O2/c10-7-3-6(4-8(11)5-7)9(14)12-1-2-13/h3-5,13H,1-2,11H2,(H,12,14). The zero-order valence-electron chi connectivity index (χ0n) is 7.46. The minimum Gasteiger partial charge on any atom is -0.399 e. The number of benzene rings is 1. The molecular weight excluding hydrogens is 187 g/mol. The van der Waals surface area contributed by atoms with Gasteiger partial charge in [0.2, 0.25) is 0 Å². The smallest absolute Gasteiger partial charge is 0.251 e. The highest BCUT2D eigenvalue weighted by atomic mass is 19.1. The first-order valence-electron chi connectivity index (χ1n) is 4.08. The lowest BCUT2D eigenvalue weighted by atomic mass is 10.2. The second-order valence-electron chi connectivity index (χ2n) is 2.75. The summed E-state index contributed by atoms with van der Waals surface area (Å²) < 4.78 is 12.8. The van der Waals surface area contributed by atoms with Crippen LogP contribution in [0.25, 0.3) is 0 Å². The molecule has 0 bridgehead atoms. The van der Waals surface area contributed by atoms with Crippen LogP contribution in [-0.2, 0) is 0 Å². The molecule has 0 aromatic heterocycles.